The summed E-state index contributed by atoms with van der Waals surface area (Å²) in [6, 6.07) is 0. The molecule has 3 heteroatoms. The Morgan fingerprint density at radius 3 is 1.81 bits per heavy atom. The number of carboxylic acids is 1. The van der Waals surface area contributed by atoms with Crippen molar-refractivity contribution in [1.82, 2.24) is 0 Å². The first-order valence-electron chi connectivity index (χ1n) is 6.14. The van der Waals surface area contributed by atoms with E-state index < -0.39 is 17.0 Å². The first kappa shape index (κ1) is 10.6. The normalized spacial score (nSPS) is 58.9. The fourth-order valence-corrected chi connectivity index (χ4v) is 5.86. The zero-order valence-electron chi connectivity index (χ0n) is 10.0. The summed E-state index contributed by atoms with van der Waals surface area (Å²) in [7, 11) is 0. The van der Waals surface area contributed by atoms with Crippen LogP contribution in [0.3, 0.4) is 0 Å². The molecule has 0 radical (unpaired) electrons. The minimum Gasteiger partial charge on any atom is -0.481 e. The number of hydrogen-bond donors (Lipinski definition) is 2. The van der Waals surface area contributed by atoms with Crippen LogP contribution in [0.2, 0.25) is 0 Å². The van der Waals surface area contributed by atoms with E-state index in [1.165, 1.54) is 0 Å². The molecule has 2 unspecified atom stereocenters. The number of aliphatic hydroxyl groups is 1. The lowest BCUT2D eigenvalue weighted by molar-refractivity contribution is -0.231. The smallest absolute Gasteiger partial charge is 0.309 e. The highest BCUT2D eigenvalue weighted by molar-refractivity contribution is 5.76. The molecule has 0 aliphatic heterocycles. The Morgan fingerprint density at radius 2 is 1.44 bits per heavy atom. The van der Waals surface area contributed by atoms with Crippen LogP contribution < -0.4 is 0 Å². The van der Waals surface area contributed by atoms with Gasteiger partial charge in [0.2, 0.25) is 0 Å². The van der Waals surface area contributed by atoms with Gasteiger partial charge in [0, 0.05) is 0 Å². The van der Waals surface area contributed by atoms with Crippen LogP contribution in [-0.2, 0) is 4.79 Å². The van der Waals surface area contributed by atoms with Crippen molar-refractivity contribution < 1.29 is 15.0 Å². The second kappa shape index (κ2) is 2.47. The molecule has 4 aliphatic rings. The maximum absolute atomic E-state index is 11.6. The predicted octanol–water partition coefficient (Wildman–Crippen LogP) is 2.18. The molecule has 2 N–H and O–H groups in total. The Hall–Kier alpha value is -0.570. The quantitative estimate of drug-likeness (QED) is 0.717. The second-order valence-corrected chi connectivity index (χ2v) is 7.49. The third kappa shape index (κ3) is 1.21. The van der Waals surface area contributed by atoms with Crippen molar-refractivity contribution in [3.63, 3.8) is 0 Å². The average molecular weight is 224 g/mol. The van der Waals surface area contributed by atoms with Gasteiger partial charge in [0.05, 0.1) is 11.0 Å². The van der Waals surface area contributed by atoms with Crippen molar-refractivity contribution in [2.75, 3.05) is 0 Å². The molecule has 0 aromatic carbocycles. The van der Waals surface area contributed by atoms with Crippen LogP contribution in [0.25, 0.3) is 0 Å². The lowest BCUT2D eigenvalue weighted by Gasteiger charge is -2.66. The van der Waals surface area contributed by atoms with E-state index in [1.807, 2.05) is 0 Å². The average Bonchev–Trinajstić information content (AvgIpc) is 1.92. The van der Waals surface area contributed by atoms with Crippen LogP contribution in [0.15, 0.2) is 0 Å². The lowest BCUT2D eigenvalue weighted by Crippen LogP contribution is -2.64. The van der Waals surface area contributed by atoms with Crippen LogP contribution in [0.1, 0.15) is 52.4 Å². The Labute approximate surface area is 95.9 Å². The molecule has 16 heavy (non-hydrogen) atoms. The van der Waals surface area contributed by atoms with Gasteiger partial charge in [-0.1, -0.05) is 13.8 Å². The van der Waals surface area contributed by atoms with Gasteiger partial charge < -0.3 is 10.2 Å². The molecule has 4 fully saturated rings. The van der Waals surface area contributed by atoms with Crippen LogP contribution >= 0.6 is 0 Å². The Kier molecular flexibility index (Phi) is 1.64. The van der Waals surface area contributed by atoms with Crippen LogP contribution in [0, 0.1) is 16.2 Å². The molecule has 0 amide bonds. The topological polar surface area (TPSA) is 57.5 Å². The summed E-state index contributed by atoms with van der Waals surface area (Å²) in [6.45, 7) is 4.32. The van der Waals surface area contributed by atoms with E-state index in [0.717, 1.165) is 32.1 Å². The molecular weight excluding hydrogens is 204 g/mol. The SMILES string of the molecule is C[C@]12CC3(O)CC(C(=O)O)(C1)C[C@@](C)(C3)C2. The van der Waals surface area contributed by atoms with Crippen molar-refractivity contribution in [3.8, 4) is 0 Å². The third-order valence-electron chi connectivity index (χ3n) is 5.02. The zero-order chi connectivity index (χ0) is 11.8. The van der Waals surface area contributed by atoms with Gasteiger partial charge in [-0.15, -0.1) is 0 Å². The zero-order valence-corrected chi connectivity index (χ0v) is 10.0. The standard InChI is InChI=1S/C13H20O3/c1-10-3-11(2)5-12(4-10,9(14)15)8-13(16,6-10)7-11/h16H,3-8H2,1-2H3,(H,14,15)/t10-,11+,12?,13?. The first-order valence-corrected chi connectivity index (χ1v) is 6.14. The molecule has 0 aromatic rings. The van der Waals surface area contributed by atoms with E-state index >= 15 is 0 Å². The number of rotatable bonds is 1. The molecule has 0 spiro atoms. The van der Waals surface area contributed by atoms with Crippen LogP contribution in [-0.4, -0.2) is 21.8 Å². The highest BCUT2D eigenvalue weighted by atomic mass is 16.4. The Bertz CT molecular complexity index is 320. The minimum atomic E-state index is -0.712. The lowest BCUT2D eigenvalue weighted by atomic mass is 9.39. The van der Waals surface area contributed by atoms with E-state index in [9.17, 15) is 15.0 Å². The molecule has 3 nitrogen and oxygen atoms in total. The molecule has 4 aliphatic carbocycles. The maximum Gasteiger partial charge on any atom is 0.309 e. The summed E-state index contributed by atoms with van der Waals surface area (Å²) >= 11 is 0. The fraction of sp³-hybridized carbons (Fsp3) is 0.923. The predicted molar refractivity (Wildman–Crippen MR) is 58.9 cm³/mol. The number of hydrogen-bond acceptors (Lipinski definition) is 2. The van der Waals surface area contributed by atoms with Gasteiger partial charge in [-0.05, 0) is 49.4 Å². The van der Waals surface area contributed by atoms with Gasteiger partial charge in [0.25, 0.3) is 0 Å². The summed E-state index contributed by atoms with van der Waals surface area (Å²) in [5, 5.41) is 20.1. The highest BCUT2D eigenvalue weighted by Crippen LogP contribution is 2.70. The van der Waals surface area contributed by atoms with Crippen molar-refractivity contribution in [2.45, 2.75) is 58.0 Å². The van der Waals surface area contributed by atoms with E-state index in [0.29, 0.717) is 6.42 Å². The molecule has 4 bridgehead atoms. The summed E-state index contributed by atoms with van der Waals surface area (Å²) in [4.78, 5) is 11.6. The largest absolute Gasteiger partial charge is 0.481 e. The summed E-state index contributed by atoms with van der Waals surface area (Å²) in [6.07, 6.45) is 4.66. The highest BCUT2D eigenvalue weighted by Gasteiger charge is 2.67. The first-order chi connectivity index (χ1) is 7.19. The van der Waals surface area contributed by atoms with Gasteiger partial charge in [-0.25, -0.2) is 0 Å². The minimum absolute atomic E-state index is 0.0383. The van der Waals surface area contributed by atoms with Crippen molar-refractivity contribution >= 4 is 5.97 Å². The van der Waals surface area contributed by atoms with E-state index in [4.69, 9.17) is 0 Å². The second-order valence-electron chi connectivity index (χ2n) is 7.49. The summed E-state index contributed by atoms with van der Waals surface area (Å²) in [5.74, 6) is -0.692. The fourth-order valence-electron chi connectivity index (χ4n) is 5.86. The Balaban J connectivity index is 2.11. The summed E-state index contributed by atoms with van der Waals surface area (Å²) in [5.41, 5.74) is -1.28. The monoisotopic (exact) mass is 224 g/mol. The van der Waals surface area contributed by atoms with E-state index in [1.54, 1.807) is 0 Å². The maximum atomic E-state index is 11.6. The van der Waals surface area contributed by atoms with Crippen molar-refractivity contribution in [3.05, 3.63) is 0 Å². The number of aliphatic carboxylic acids is 1. The molecule has 0 saturated heterocycles. The number of carbonyl (C=O) groups is 1. The van der Waals surface area contributed by atoms with Gasteiger partial charge >= 0.3 is 5.97 Å². The molecule has 0 aromatic heterocycles. The van der Waals surface area contributed by atoms with Crippen molar-refractivity contribution in [2.24, 2.45) is 16.2 Å². The van der Waals surface area contributed by atoms with Crippen molar-refractivity contribution in [1.29, 1.82) is 0 Å². The van der Waals surface area contributed by atoms with Gasteiger partial charge in [0.15, 0.2) is 0 Å². The molecule has 4 saturated carbocycles. The van der Waals surface area contributed by atoms with Crippen LogP contribution in [0.4, 0.5) is 0 Å². The summed E-state index contributed by atoms with van der Waals surface area (Å²) < 4.78 is 0. The molecule has 0 heterocycles. The number of carboxylic acid groups (broad SMARTS) is 1. The molecule has 90 valence electrons. The van der Waals surface area contributed by atoms with Gasteiger partial charge in [-0.3, -0.25) is 4.79 Å². The molecular formula is C13H20O3. The van der Waals surface area contributed by atoms with E-state index in [-0.39, 0.29) is 10.8 Å². The van der Waals surface area contributed by atoms with Gasteiger partial charge in [0.1, 0.15) is 0 Å². The molecule has 4 rings (SSSR count). The molecule has 4 atom stereocenters. The third-order valence-corrected chi connectivity index (χ3v) is 5.02. The Morgan fingerprint density at radius 1 is 0.938 bits per heavy atom. The van der Waals surface area contributed by atoms with Crippen LogP contribution in [0.5, 0.6) is 0 Å². The van der Waals surface area contributed by atoms with Gasteiger partial charge in [-0.2, -0.15) is 0 Å². The van der Waals surface area contributed by atoms with E-state index in [2.05, 4.69) is 13.8 Å².